The molecule has 0 saturated heterocycles. The van der Waals surface area contributed by atoms with Crippen LogP contribution in [-0.4, -0.2) is 31.3 Å². The lowest BCUT2D eigenvalue weighted by Crippen LogP contribution is -2.36. The minimum absolute atomic E-state index is 0.0835. The molecule has 7 heteroatoms. The van der Waals surface area contributed by atoms with Crippen molar-refractivity contribution in [3.8, 4) is 0 Å². The van der Waals surface area contributed by atoms with Gasteiger partial charge in [0.05, 0.1) is 5.69 Å². The summed E-state index contributed by atoms with van der Waals surface area (Å²) in [5.74, 6) is 0.248. The van der Waals surface area contributed by atoms with Crippen LogP contribution in [0.4, 0.5) is 5.95 Å². The minimum Gasteiger partial charge on any atom is -0.369 e. The Bertz CT molecular complexity index is 624. The van der Waals surface area contributed by atoms with Gasteiger partial charge in [0.1, 0.15) is 11.6 Å². The first-order valence-corrected chi connectivity index (χ1v) is 6.30. The Kier molecular flexibility index (Phi) is 3.21. The van der Waals surface area contributed by atoms with E-state index in [0.717, 1.165) is 16.9 Å². The molecule has 2 aromatic rings. The number of rotatable bonds is 3. The molecule has 2 rings (SSSR count). The van der Waals surface area contributed by atoms with E-state index in [9.17, 15) is 4.79 Å². The van der Waals surface area contributed by atoms with Gasteiger partial charge >= 0.3 is 0 Å². The summed E-state index contributed by atoms with van der Waals surface area (Å²) in [5, 5.41) is 7.18. The number of carbonyl (C=O) groups is 1. The number of aromatic nitrogens is 4. The third-order valence-electron chi connectivity index (χ3n) is 3.06. The highest BCUT2D eigenvalue weighted by atomic mass is 16.2. The summed E-state index contributed by atoms with van der Waals surface area (Å²) in [6, 6.07) is -0.342. The van der Waals surface area contributed by atoms with Crippen molar-refractivity contribution in [2.75, 3.05) is 5.73 Å². The van der Waals surface area contributed by atoms with Crippen LogP contribution >= 0.6 is 0 Å². The zero-order valence-corrected chi connectivity index (χ0v) is 11.9. The summed E-state index contributed by atoms with van der Waals surface area (Å²) < 4.78 is 3.42. The average Bonchev–Trinajstić information content (AvgIpc) is 2.76. The molecular formula is C12H20N6O. The zero-order chi connectivity index (χ0) is 14.3. The molecule has 7 nitrogen and oxygen atoms in total. The fourth-order valence-corrected chi connectivity index (χ4v) is 2.22. The zero-order valence-electron chi connectivity index (χ0n) is 11.9. The Hall–Kier alpha value is -2.05. The number of nitrogens with two attached hydrogens (primary N) is 1. The van der Waals surface area contributed by atoms with E-state index in [1.807, 2.05) is 27.8 Å². The van der Waals surface area contributed by atoms with Gasteiger partial charge in [-0.25, -0.2) is 4.98 Å². The third-order valence-corrected chi connectivity index (χ3v) is 3.06. The van der Waals surface area contributed by atoms with E-state index in [1.54, 1.807) is 16.2 Å². The quantitative estimate of drug-likeness (QED) is 0.855. The molecular weight excluding hydrogens is 244 g/mol. The number of nitrogens with zero attached hydrogens (tertiary/aromatic N) is 4. The minimum atomic E-state index is -0.429. The maximum atomic E-state index is 12.1. The highest BCUT2D eigenvalue weighted by Gasteiger charge is 2.24. The Morgan fingerprint density at radius 2 is 2.00 bits per heavy atom. The second kappa shape index (κ2) is 4.56. The van der Waals surface area contributed by atoms with E-state index in [1.165, 1.54) is 0 Å². The summed E-state index contributed by atoms with van der Waals surface area (Å²) in [7, 11) is 1.82. The molecule has 0 aliphatic heterocycles. The third kappa shape index (κ3) is 2.16. The summed E-state index contributed by atoms with van der Waals surface area (Å²) >= 11 is 0. The molecule has 0 aliphatic carbocycles. The van der Waals surface area contributed by atoms with Crippen molar-refractivity contribution in [3.05, 3.63) is 5.69 Å². The molecule has 0 radical (unpaired) electrons. The molecule has 104 valence electrons. The van der Waals surface area contributed by atoms with E-state index in [2.05, 4.69) is 15.4 Å². The van der Waals surface area contributed by atoms with E-state index >= 15 is 0 Å². The van der Waals surface area contributed by atoms with Crippen LogP contribution in [0.3, 0.4) is 0 Å². The van der Waals surface area contributed by atoms with Crippen molar-refractivity contribution in [1.82, 2.24) is 24.6 Å². The fraction of sp³-hybridized carbons (Fsp3) is 0.583. The van der Waals surface area contributed by atoms with Crippen molar-refractivity contribution in [2.24, 2.45) is 7.05 Å². The first-order valence-electron chi connectivity index (χ1n) is 6.30. The molecule has 0 aliphatic rings. The van der Waals surface area contributed by atoms with E-state index in [0.29, 0.717) is 5.95 Å². The van der Waals surface area contributed by atoms with Crippen LogP contribution in [0.5, 0.6) is 0 Å². The summed E-state index contributed by atoms with van der Waals surface area (Å²) in [6.45, 7) is 7.52. The van der Waals surface area contributed by atoms with Crippen molar-refractivity contribution in [2.45, 2.75) is 39.8 Å². The maximum absolute atomic E-state index is 12.1. The number of aryl methyl sites for hydroxylation is 2. The molecule has 0 spiro atoms. The van der Waals surface area contributed by atoms with Crippen LogP contribution < -0.4 is 11.1 Å². The first-order chi connectivity index (χ1) is 8.82. The highest BCUT2D eigenvalue weighted by Crippen LogP contribution is 2.24. The molecule has 2 heterocycles. The van der Waals surface area contributed by atoms with Crippen LogP contribution in [0, 0.1) is 6.92 Å². The SMILES string of the molecule is Cc1nn(C)c2c1nc(N)n2C(C)C(=O)NC(C)C. The molecule has 1 unspecified atom stereocenters. The smallest absolute Gasteiger partial charge is 0.243 e. The van der Waals surface area contributed by atoms with Gasteiger partial charge in [-0.3, -0.25) is 14.0 Å². The van der Waals surface area contributed by atoms with Crippen LogP contribution in [-0.2, 0) is 11.8 Å². The van der Waals surface area contributed by atoms with Crippen LogP contribution in [0.15, 0.2) is 0 Å². The lowest BCUT2D eigenvalue weighted by molar-refractivity contribution is -0.124. The second-order valence-corrected chi connectivity index (χ2v) is 5.06. The Morgan fingerprint density at radius 3 is 2.58 bits per heavy atom. The monoisotopic (exact) mass is 264 g/mol. The van der Waals surface area contributed by atoms with Gasteiger partial charge < -0.3 is 11.1 Å². The van der Waals surface area contributed by atoms with Gasteiger partial charge in [0.15, 0.2) is 5.65 Å². The van der Waals surface area contributed by atoms with E-state index in [4.69, 9.17) is 5.73 Å². The number of hydrogen-bond acceptors (Lipinski definition) is 4. The predicted molar refractivity (Wildman–Crippen MR) is 73.6 cm³/mol. The van der Waals surface area contributed by atoms with Gasteiger partial charge in [-0.05, 0) is 27.7 Å². The lowest BCUT2D eigenvalue weighted by atomic mass is 10.2. The van der Waals surface area contributed by atoms with Crippen molar-refractivity contribution < 1.29 is 4.79 Å². The summed E-state index contributed by atoms with van der Waals surface area (Å²) in [4.78, 5) is 16.4. The fourth-order valence-electron chi connectivity index (χ4n) is 2.22. The topological polar surface area (TPSA) is 90.8 Å². The van der Waals surface area contributed by atoms with Gasteiger partial charge in [-0.1, -0.05) is 0 Å². The number of imidazole rings is 1. The number of carbonyl (C=O) groups excluding carboxylic acids is 1. The molecule has 19 heavy (non-hydrogen) atoms. The van der Waals surface area contributed by atoms with Crippen LogP contribution in [0.1, 0.15) is 32.5 Å². The maximum Gasteiger partial charge on any atom is 0.243 e. The highest BCUT2D eigenvalue weighted by molar-refractivity contribution is 5.85. The molecule has 0 bridgehead atoms. The average molecular weight is 264 g/mol. The van der Waals surface area contributed by atoms with Crippen molar-refractivity contribution >= 4 is 23.0 Å². The molecule has 0 fully saturated rings. The molecule has 0 saturated carbocycles. The molecule has 3 N–H and O–H groups in total. The number of hydrogen-bond donors (Lipinski definition) is 2. The van der Waals surface area contributed by atoms with Crippen molar-refractivity contribution in [3.63, 3.8) is 0 Å². The molecule has 0 aromatic carbocycles. The van der Waals surface area contributed by atoms with Crippen LogP contribution in [0.2, 0.25) is 0 Å². The standard InChI is InChI=1S/C12H20N6O/c1-6(2)14-10(19)8(4)18-11-9(15-12(18)13)7(3)16-17(11)5/h6,8H,1-5H3,(H2,13,15)(H,14,19). The number of amides is 1. The van der Waals surface area contributed by atoms with Gasteiger partial charge in [0.2, 0.25) is 11.9 Å². The number of nitrogens with one attached hydrogen (secondary N) is 1. The Labute approximate surface area is 111 Å². The summed E-state index contributed by atoms with van der Waals surface area (Å²) in [6.07, 6.45) is 0. The van der Waals surface area contributed by atoms with E-state index in [-0.39, 0.29) is 11.9 Å². The molecule has 1 amide bonds. The van der Waals surface area contributed by atoms with Gasteiger partial charge in [0, 0.05) is 13.1 Å². The Balaban J connectivity index is 2.50. The molecule has 2 aromatic heterocycles. The number of nitrogen functional groups attached to an aromatic ring is 1. The number of fused-ring (bicyclic) bond motifs is 1. The van der Waals surface area contributed by atoms with Gasteiger partial charge in [-0.15, -0.1) is 0 Å². The van der Waals surface area contributed by atoms with Gasteiger partial charge in [0.25, 0.3) is 0 Å². The second-order valence-electron chi connectivity index (χ2n) is 5.06. The number of anilines is 1. The predicted octanol–water partition coefficient (Wildman–Crippen LogP) is 0.746. The summed E-state index contributed by atoms with van der Waals surface area (Å²) in [5.41, 5.74) is 8.25. The van der Waals surface area contributed by atoms with Crippen molar-refractivity contribution in [1.29, 1.82) is 0 Å². The van der Waals surface area contributed by atoms with Crippen LogP contribution in [0.25, 0.3) is 11.2 Å². The Morgan fingerprint density at radius 1 is 1.37 bits per heavy atom. The normalized spacial score (nSPS) is 13.2. The van der Waals surface area contributed by atoms with Gasteiger partial charge in [-0.2, -0.15) is 5.10 Å². The lowest BCUT2D eigenvalue weighted by Gasteiger charge is -2.17. The first kappa shape index (κ1) is 13.4. The van der Waals surface area contributed by atoms with E-state index < -0.39 is 6.04 Å². The molecule has 1 atom stereocenters. The largest absolute Gasteiger partial charge is 0.369 e.